The number of carbonyl (C=O) groups is 3. The molecule has 0 spiro atoms. The van der Waals surface area contributed by atoms with E-state index in [0.29, 0.717) is 44.7 Å². The van der Waals surface area contributed by atoms with Crippen LogP contribution in [0.1, 0.15) is 47.2 Å². The largest absolute Gasteiger partial charge is 0.337 e. The van der Waals surface area contributed by atoms with E-state index in [0.717, 1.165) is 31.2 Å². The van der Waals surface area contributed by atoms with E-state index in [-0.39, 0.29) is 17.7 Å². The summed E-state index contributed by atoms with van der Waals surface area (Å²) in [5.74, 6) is -0.253. The van der Waals surface area contributed by atoms with Gasteiger partial charge in [0.1, 0.15) is 5.71 Å². The van der Waals surface area contributed by atoms with Gasteiger partial charge < -0.3 is 9.80 Å². The third-order valence-electron chi connectivity index (χ3n) is 5.57. The molecule has 4 rings (SSSR count). The van der Waals surface area contributed by atoms with Crippen molar-refractivity contribution in [3.63, 3.8) is 0 Å². The van der Waals surface area contributed by atoms with E-state index in [1.807, 2.05) is 17.0 Å². The van der Waals surface area contributed by atoms with Crippen molar-refractivity contribution < 1.29 is 14.4 Å². The fraction of sp³-hybridized carbons (Fsp3) is 0.500. The molecule has 0 radical (unpaired) electrons. The molecule has 142 valence electrons. The Labute approximate surface area is 158 Å². The van der Waals surface area contributed by atoms with E-state index >= 15 is 0 Å². The van der Waals surface area contributed by atoms with Crippen LogP contribution >= 0.6 is 0 Å². The van der Waals surface area contributed by atoms with Crippen molar-refractivity contribution in [3.8, 4) is 0 Å². The molecule has 2 aliphatic heterocycles. The minimum atomic E-state index is -0.159. The monoisotopic (exact) mass is 368 g/mol. The molecule has 1 aromatic rings. The molecule has 7 nitrogen and oxygen atoms in total. The van der Waals surface area contributed by atoms with Crippen LogP contribution in [0.3, 0.4) is 0 Å². The van der Waals surface area contributed by atoms with Gasteiger partial charge in [-0.1, -0.05) is 6.07 Å². The Morgan fingerprint density at radius 1 is 0.852 bits per heavy atom. The van der Waals surface area contributed by atoms with Gasteiger partial charge in [-0.2, -0.15) is 5.10 Å². The highest BCUT2D eigenvalue weighted by atomic mass is 16.2. The van der Waals surface area contributed by atoms with Crippen LogP contribution in [-0.4, -0.2) is 59.4 Å². The minimum Gasteiger partial charge on any atom is -0.337 e. The SMILES string of the molecule is O=C1CCC(C(=O)N2CCCN(C(=O)c3ccc4c(c3)CCC4)CC2)=NN1. The number of aryl methyl sites for hydroxylation is 2. The van der Waals surface area contributed by atoms with Crippen molar-refractivity contribution in [2.24, 2.45) is 5.10 Å². The van der Waals surface area contributed by atoms with E-state index in [1.165, 1.54) is 11.1 Å². The average Bonchev–Trinajstić information content (AvgIpc) is 3.02. The van der Waals surface area contributed by atoms with Crippen molar-refractivity contribution in [2.75, 3.05) is 26.2 Å². The standard InChI is InChI=1S/C20H24N4O3/c25-18-8-7-17(21-22-18)20(27)24-10-2-9-23(11-12-24)19(26)16-6-5-14-3-1-4-15(14)13-16/h5-6,13H,1-4,7-12H2,(H,22,25). The normalized spacial score (nSPS) is 19.9. The molecule has 1 N–H and O–H groups in total. The lowest BCUT2D eigenvalue weighted by Crippen LogP contribution is -2.42. The Kier molecular flexibility index (Phi) is 4.92. The Hall–Kier alpha value is -2.70. The quantitative estimate of drug-likeness (QED) is 0.849. The zero-order chi connectivity index (χ0) is 18.8. The predicted octanol–water partition coefficient (Wildman–Crippen LogP) is 1.12. The number of nitrogens with zero attached hydrogens (tertiary/aromatic N) is 3. The van der Waals surface area contributed by atoms with Crippen LogP contribution < -0.4 is 5.43 Å². The number of benzene rings is 1. The first-order valence-electron chi connectivity index (χ1n) is 9.67. The first-order chi connectivity index (χ1) is 13.1. The average molecular weight is 368 g/mol. The second kappa shape index (κ2) is 7.50. The fourth-order valence-electron chi connectivity index (χ4n) is 4.02. The highest BCUT2D eigenvalue weighted by Gasteiger charge is 2.27. The van der Waals surface area contributed by atoms with Crippen molar-refractivity contribution in [1.82, 2.24) is 15.2 Å². The zero-order valence-corrected chi connectivity index (χ0v) is 15.4. The predicted molar refractivity (Wildman–Crippen MR) is 100 cm³/mol. The van der Waals surface area contributed by atoms with Gasteiger partial charge in [0.15, 0.2) is 0 Å². The van der Waals surface area contributed by atoms with E-state index < -0.39 is 0 Å². The molecule has 1 fully saturated rings. The molecule has 3 amide bonds. The van der Waals surface area contributed by atoms with Gasteiger partial charge in [0.25, 0.3) is 11.8 Å². The number of fused-ring (bicyclic) bond motifs is 1. The number of carbonyl (C=O) groups excluding carboxylic acids is 3. The molecule has 1 saturated heterocycles. The van der Waals surface area contributed by atoms with Gasteiger partial charge in [0.2, 0.25) is 5.91 Å². The molecule has 27 heavy (non-hydrogen) atoms. The lowest BCUT2D eigenvalue weighted by Gasteiger charge is -2.23. The first-order valence-corrected chi connectivity index (χ1v) is 9.67. The maximum Gasteiger partial charge on any atom is 0.270 e. The summed E-state index contributed by atoms with van der Waals surface area (Å²) in [5, 5.41) is 3.90. The number of amides is 3. The number of hydrogen-bond donors (Lipinski definition) is 1. The first kappa shape index (κ1) is 17.7. The molecule has 0 bridgehead atoms. The second-order valence-corrected chi connectivity index (χ2v) is 7.37. The van der Waals surface area contributed by atoms with Crippen LogP contribution in [0.25, 0.3) is 0 Å². The fourth-order valence-corrected chi connectivity index (χ4v) is 4.02. The van der Waals surface area contributed by atoms with Gasteiger partial charge in [0, 0.05) is 44.6 Å². The van der Waals surface area contributed by atoms with Gasteiger partial charge >= 0.3 is 0 Å². The smallest absolute Gasteiger partial charge is 0.270 e. The third-order valence-corrected chi connectivity index (χ3v) is 5.57. The molecule has 0 unspecified atom stereocenters. The molecule has 0 saturated carbocycles. The summed E-state index contributed by atoms with van der Waals surface area (Å²) in [6.07, 6.45) is 4.73. The maximum atomic E-state index is 12.9. The van der Waals surface area contributed by atoms with Crippen molar-refractivity contribution >= 4 is 23.4 Å². The van der Waals surface area contributed by atoms with Crippen LogP contribution in [0.4, 0.5) is 0 Å². The second-order valence-electron chi connectivity index (χ2n) is 7.37. The van der Waals surface area contributed by atoms with E-state index in [2.05, 4.69) is 16.6 Å². The summed E-state index contributed by atoms with van der Waals surface area (Å²) in [4.78, 5) is 40.3. The molecule has 1 aromatic carbocycles. The van der Waals surface area contributed by atoms with Crippen LogP contribution in [0.15, 0.2) is 23.3 Å². The summed E-state index contributed by atoms with van der Waals surface area (Å²) < 4.78 is 0. The van der Waals surface area contributed by atoms with E-state index in [9.17, 15) is 14.4 Å². The highest BCUT2D eigenvalue weighted by Crippen LogP contribution is 2.23. The van der Waals surface area contributed by atoms with Gasteiger partial charge in [0.05, 0.1) is 0 Å². The molecule has 0 aromatic heterocycles. The Balaban J connectivity index is 1.40. The van der Waals surface area contributed by atoms with Crippen LogP contribution in [0, 0.1) is 0 Å². The molecular formula is C20H24N4O3. The van der Waals surface area contributed by atoms with Crippen LogP contribution in [0.5, 0.6) is 0 Å². The summed E-state index contributed by atoms with van der Waals surface area (Å²) in [5.41, 5.74) is 6.17. The Morgan fingerprint density at radius 3 is 2.33 bits per heavy atom. The Bertz CT molecular complexity index is 817. The minimum absolute atomic E-state index is 0.0428. The summed E-state index contributed by atoms with van der Waals surface area (Å²) in [6.45, 7) is 2.24. The molecular weight excluding hydrogens is 344 g/mol. The summed E-state index contributed by atoms with van der Waals surface area (Å²) in [7, 11) is 0. The third kappa shape index (κ3) is 3.72. The van der Waals surface area contributed by atoms with E-state index in [4.69, 9.17) is 0 Å². The number of rotatable bonds is 2. The summed E-state index contributed by atoms with van der Waals surface area (Å²) in [6, 6.07) is 6.05. The molecule has 3 aliphatic rings. The van der Waals surface area contributed by atoms with Gasteiger partial charge in [-0.15, -0.1) is 0 Å². The zero-order valence-electron chi connectivity index (χ0n) is 15.4. The number of nitrogens with one attached hydrogen (secondary N) is 1. The van der Waals surface area contributed by atoms with Crippen molar-refractivity contribution in [3.05, 3.63) is 34.9 Å². The highest BCUT2D eigenvalue weighted by molar-refractivity contribution is 6.39. The topological polar surface area (TPSA) is 82.1 Å². The van der Waals surface area contributed by atoms with Crippen molar-refractivity contribution in [1.29, 1.82) is 0 Å². The van der Waals surface area contributed by atoms with Gasteiger partial charge in [-0.25, -0.2) is 5.43 Å². The van der Waals surface area contributed by atoms with Gasteiger partial charge in [-0.05, 0) is 48.9 Å². The molecule has 0 atom stereocenters. The number of hydrazone groups is 1. The lowest BCUT2D eigenvalue weighted by molar-refractivity contribution is -0.124. The molecule has 7 heteroatoms. The lowest BCUT2D eigenvalue weighted by atomic mass is 10.1. The molecule has 2 heterocycles. The van der Waals surface area contributed by atoms with Gasteiger partial charge in [-0.3, -0.25) is 14.4 Å². The Morgan fingerprint density at radius 2 is 1.59 bits per heavy atom. The summed E-state index contributed by atoms with van der Waals surface area (Å²) >= 11 is 0. The molecule has 1 aliphatic carbocycles. The number of hydrogen-bond acceptors (Lipinski definition) is 4. The van der Waals surface area contributed by atoms with Crippen LogP contribution in [-0.2, 0) is 22.4 Å². The van der Waals surface area contributed by atoms with Crippen LogP contribution in [0.2, 0.25) is 0 Å². The maximum absolute atomic E-state index is 12.9. The van der Waals surface area contributed by atoms with E-state index in [1.54, 1.807) is 4.90 Å². The van der Waals surface area contributed by atoms with Crippen molar-refractivity contribution in [2.45, 2.75) is 38.5 Å².